The number of esters is 1. The summed E-state index contributed by atoms with van der Waals surface area (Å²) in [7, 11) is 0. The number of carbonyl (C=O) groups excluding carboxylic acids is 1. The van der Waals surface area contributed by atoms with E-state index in [-0.39, 0.29) is 18.9 Å². The normalized spacial score (nSPS) is 6.22. The molecule has 0 spiro atoms. The smallest absolute Gasteiger partial charge is 0.483 e. The Bertz CT molecular complexity index is 119. The number of hydrogen-bond donors (Lipinski definition) is 0. The average Bonchev–Trinajstić information content (AvgIpc) is 1.68. The Kier molecular flexibility index (Phi) is 9.29. The predicted octanol–water partition coefficient (Wildman–Crippen LogP) is -2.37. The summed E-state index contributed by atoms with van der Waals surface area (Å²) >= 11 is 0. The van der Waals surface area contributed by atoms with Gasteiger partial charge in [-0.05, 0) is 6.92 Å². The van der Waals surface area contributed by atoms with E-state index in [4.69, 9.17) is 6.57 Å². The van der Waals surface area contributed by atoms with Gasteiger partial charge in [0.15, 0.2) is 0 Å². The van der Waals surface area contributed by atoms with Crippen LogP contribution in [0, 0.1) is 13.1 Å². The van der Waals surface area contributed by atoms with E-state index in [1.807, 2.05) is 0 Å². The number of nitrogens with zero attached hydrogens (tertiary/aromatic N) is 1. The van der Waals surface area contributed by atoms with Crippen LogP contribution in [0.25, 0.3) is 4.85 Å². The summed E-state index contributed by atoms with van der Waals surface area (Å²) < 4.78 is 4.37. The average molecular weight is 119 g/mol. The third-order valence-electron chi connectivity index (χ3n) is 0.457. The number of hydrogen-bond acceptors (Lipinski definition) is 2. The first-order chi connectivity index (χ1) is 3.81. The van der Waals surface area contributed by atoms with Crippen LogP contribution >= 0.6 is 0 Å². The van der Waals surface area contributed by atoms with Gasteiger partial charge in [-0.3, -0.25) is 11.4 Å². The molecule has 3 nitrogen and oxygen atoms in total. The van der Waals surface area contributed by atoms with E-state index in [1.165, 1.54) is 0 Å². The molecule has 0 fully saturated rings. The molecule has 0 aliphatic carbocycles. The number of carbonyl (C=O) groups is 1. The Balaban J connectivity index is 0. The topological polar surface area (TPSA) is 30.7 Å². The Morgan fingerprint density at radius 3 is 2.78 bits per heavy atom. The van der Waals surface area contributed by atoms with E-state index < -0.39 is 5.97 Å². The van der Waals surface area contributed by atoms with Crippen molar-refractivity contribution in [3.8, 4) is 0 Å². The monoisotopic (exact) mass is 119 g/mol. The van der Waals surface area contributed by atoms with Gasteiger partial charge in [0.2, 0.25) is 5.97 Å². The zero-order valence-electron chi connectivity index (χ0n) is 5.55. The van der Waals surface area contributed by atoms with Crippen molar-refractivity contribution in [1.29, 1.82) is 0 Å². The van der Waals surface area contributed by atoms with Crippen LogP contribution in [0.4, 0.5) is 0 Å². The maximum atomic E-state index is 10.2. The minimum absolute atomic E-state index is 0. The molecule has 0 bridgehead atoms. The van der Waals surface area contributed by atoms with Crippen LogP contribution in [0.3, 0.4) is 0 Å². The first kappa shape index (κ1) is 11.3. The number of ether oxygens (including phenoxy) is 1. The van der Waals surface area contributed by atoms with Crippen LogP contribution in [0.1, 0.15) is 6.92 Å². The minimum Gasteiger partial charge on any atom is -0.483 e. The second kappa shape index (κ2) is 7.43. The second-order valence-corrected chi connectivity index (χ2v) is 1.01. The van der Waals surface area contributed by atoms with Crippen LogP contribution in [0.15, 0.2) is 0 Å². The van der Waals surface area contributed by atoms with Crippen LogP contribution in [0.2, 0.25) is 0 Å². The molecule has 0 rings (SSSR count). The summed E-state index contributed by atoms with van der Waals surface area (Å²) in [4.78, 5) is 12.9. The van der Waals surface area contributed by atoms with E-state index in [1.54, 1.807) is 6.92 Å². The van der Waals surface area contributed by atoms with E-state index >= 15 is 0 Å². The molecular formula is C5H6LiNO2. The Hall–Kier alpha value is -0.573. The van der Waals surface area contributed by atoms with Gasteiger partial charge in [-0.25, -0.2) is 0 Å². The summed E-state index contributed by atoms with van der Waals surface area (Å²) in [5.41, 5.74) is 0. The molecule has 0 unspecified atom stereocenters. The van der Waals surface area contributed by atoms with Crippen molar-refractivity contribution in [3.05, 3.63) is 18.0 Å². The fourth-order valence-electron chi connectivity index (χ4n) is 0.232. The van der Waals surface area contributed by atoms with Gasteiger partial charge in [-0.15, -0.1) is 0 Å². The summed E-state index contributed by atoms with van der Waals surface area (Å²) in [6.45, 7) is 9.00. The van der Waals surface area contributed by atoms with Gasteiger partial charge < -0.3 is 9.58 Å². The minimum atomic E-state index is -0.567. The fraction of sp³-hybridized carbons (Fsp3) is 0.400. The molecule has 0 aromatic carbocycles. The predicted molar refractivity (Wildman–Crippen MR) is 27.5 cm³/mol. The molecule has 4 heteroatoms. The van der Waals surface area contributed by atoms with Crippen molar-refractivity contribution in [1.82, 2.24) is 0 Å². The van der Waals surface area contributed by atoms with E-state index in [9.17, 15) is 4.79 Å². The summed E-state index contributed by atoms with van der Waals surface area (Å²) in [5.74, 6) is -0.567. The molecule has 0 aliphatic rings. The van der Waals surface area contributed by atoms with Crippen LogP contribution < -0.4 is 18.9 Å². The molecule has 9 heavy (non-hydrogen) atoms. The zero-order valence-corrected chi connectivity index (χ0v) is 5.55. The molecule has 0 radical (unpaired) electrons. The Morgan fingerprint density at radius 2 is 2.44 bits per heavy atom. The second-order valence-electron chi connectivity index (χ2n) is 1.01. The SMILES string of the molecule is [C-]#[N+][CH-]C(=O)OCC.[Li+]. The maximum Gasteiger partial charge on any atom is 1.00 e. The zero-order chi connectivity index (χ0) is 6.41. The standard InChI is InChI=1S/C5H6NO2.Li/c1-3-8-5(7)4-6-2;/h4H,3H2,1H3;/q-1;+1. The molecule has 0 saturated heterocycles. The van der Waals surface area contributed by atoms with Gasteiger partial charge in [0, 0.05) is 0 Å². The van der Waals surface area contributed by atoms with Gasteiger partial charge in [-0.2, -0.15) is 0 Å². The van der Waals surface area contributed by atoms with Crippen LogP contribution in [0.5, 0.6) is 0 Å². The van der Waals surface area contributed by atoms with Crippen molar-refractivity contribution in [2.75, 3.05) is 6.61 Å². The number of rotatable bonds is 2. The van der Waals surface area contributed by atoms with Crippen molar-refractivity contribution in [2.24, 2.45) is 0 Å². The molecular weight excluding hydrogens is 113 g/mol. The molecule has 0 amide bonds. The molecule has 0 N–H and O–H groups in total. The summed E-state index contributed by atoms with van der Waals surface area (Å²) in [5, 5.41) is 0. The molecule has 0 aromatic heterocycles. The van der Waals surface area contributed by atoms with Crippen LogP contribution in [-0.2, 0) is 9.53 Å². The molecule has 0 saturated carbocycles. The molecule has 0 aliphatic heterocycles. The van der Waals surface area contributed by atoms with Gasteiger partial charge in [-0.1, -0.05) is 0 Å². The molecule has 0 aromatic rings. The van der Waals surface area contributed by atoms with Gasteiger partial charge in [0.1, 0.15) is 0 Å². The van der Waals surface area contributed by atoms with Crippen molar-refractivity contribution < 1.29 is 28.4 Å². The van der Waals surface area contributed by atoms with E-state index in [0.29, 0.717) is 6.61 Å². The first-order valence-electron chi connectivity index (χ1n) is 2.17. The Labute approximate surface area is 66.4 Å². The largest absolute Gasteiger partial charge is 1.00 e. The third kappa shape index (κ3) is 7.43. The van der Waals surface area contributed by atoms with Crippen LogP contribution in [-0.4, -0.2) is 12.6 Å². The Morgan fingerprint density at radius 1 is 1.89 bits per heavy atom. The quantitative estimate of drug-likeness (QED) is 0.231. The first-order valence-corrected chi connectivity index (χ1v) is 2.17. The van der Waals surface area contributed by atoms with Crippen molar-refractivity contribution in [3.63, 3.8) is 0 Å². The molecule has 44 valence electrons. The van der Waals surface area contributed by atoms with Gasteiger partial charge >= 0.3 is 18.9 Å². The summed E-state index contributed by atoms with van der Waals surface area (Å²) in [6, 6.07) is 0. The van der Waals surface area contributed by atoms with E-state index in [0.717, 1.165) is 6.54 Å². The fourth-order valence-corrected chi connectivity index (χ4v) is 0.232. The van der Waals surface area contributed by atoms with Crippen molar-refractivity contribution >= 4 is 5.97 Å². The van der Waals surface area contributed by atoms with Gasteiger partial charge in [0.25, 0.3) is 0 Å². The third-order valence-corrected chi connectivity index (χ3v) is 0.457. The summed E-state index contributed by atoms with van der Waals surface area (Å²) in [6.07, 6.45) is 0. The molecule has 0 atom stereocenters. The van der Waals surface area contributed by atoms with E-state index in [2.05, 4.69) is 9.58 Å². The maximum absolute atomic E-state index is 10.2. The van der Waals surface area contributed by atoms with Crippen molar-refractivity contribution in [2.45, 2.75) is 6.92 Å². The van der Waals surface area contributed by atoms with Gasteiger partial charge in [0.05, 0.1) is 13.2 Å². The molecule has 0 heterocycles.